The first kappa shape index (κ1) is 14.3. The van der Waals surface area contributed by atoms with Crippen molar-refractivity contribution < 1.29 is 0 Å². The summed E-state index contributed by atoms with van der Waals surface area (Å²) in [4.78, 5) is 0. The van der Waals surface area contributed by atoms with Crippen LogP contribution in [0, 0.1) is 6.92 Å². The Morgan fingerprint density at radius 1 is 0.824 bits per heavy atom. The first-order valence-electron chi connectivity index (χ1n) is 7.37. The summed E-state index contributed by atoms with van der Waals surface area (Å²) in [5.74, 6) is 0. The molecule has 0 aliphatic rings. The number of aryl methyl sites for hydroxylation is 2. The Morgan fingerprint density at radius 3 is 2.29 bits per heavy atom. The molecular formula is C17H28. The summed E-state index contributed by atoms with van der Waals surface area (Å²) in [5, 5.41) is 0. The van der Waals surface area contributed by atoms with E-state index in [-0.39, 0.29) is 0 Å². The summed E-state index contributed by atoms with van der Waals surface area (Å²) in [6, 6.07) is 6.82. The lowest BCUT2D eigenvalue weighted by atomic mass is 9.93. The lowest BCUT2D eigenvalue weighted by Gasteiger charge is -2.12. The second kappa shape index (κ2) is 8.33. The maximum atomic E-state index is 2.33. The largest absolute Gasteiger partial charge is 0.0654 e. The summed E-state index contributed by atoms with van der Waals surface area (Å²) < 4.78 is 0. The topological polar surface area (TPSA) is 0 Å². The maximum Gasteiger partial charge on any atom is -0.0274 e. The molecule has 0 aliphatic heterocycles. The fraction of sp³-hybridized carbons (Fsp3) is 0.647. The van der Waals surface area contributed by atoms with Gasteiger partial charge in [0.2, 0.25) is 0 Å². The van der Waals surface area contributed by atoms with E-state index in [1.807, 2.05) is 0 Å². The highest BCUT2D eigenvalue weighted by atomic mass is 14.1. The molecule has 1 aromatic carbocycles. The Labute approximate surface area is 107 Å². The molecule has 0 fully saturated rings. The summed E-state index contributed by atoms with van der Waals surface area (Å²) in [6.07, 6.45) is 10.6. The van der Waals surface area contributed by atoms with E-state index >= 15 is 0 Å². The monoisotopic (exact) mass is 232 g/mol. The average Bonchev–Trinajstić information content (AvgIpc) is 2.34. The van der Waals surface area contributed by atoms with Crippen molar-refractivity contribution in [3.05, 3.63) is 34.9 Å². The van der Waals surface area contributed by atoms with Gasteiger partial charge in [0, 0.05) is 0 Å². The molecule has 1 aromatic rings. The highest BCUT2D eigenvalue weighted by Crippen LogP contribution is 2.19. The molecular weight excluding hydrogens is 204 g/mol. The van der Waals surface area contributed by atoms with Gasteiger partial charge in [-0.3, -0.25) is 0 Å². The zero-order chi connectivity index (χ0) is 12.5. The molecule has 0 heterocycles. The van der Waals surface area contributed by atoms with Gasteiger partial charge in [-0.1, -0.05) is 57.7 Å². The van der Waals surface area contributed by atoms with Crippen molar-refractivity contribution >= 4 is 0 Å². The van der Waals surface area contributed by atoms with Crippen molar-refractivity contribution in [2.45, 2.75) is 72.1 Å². The zero-order valence-corrected chi connectivity index (χ0v) is 11.9. The van der Waals surface area contributed by atoms with Gasteiger partial charge in [0.05, 0.1) is 0 Å². The Kier molecular flexibility index (Phi) is 7.00. The number of benzene rings is 1. The van der Waals surface area contributed by atoms with Crippen LogP contribution in [0.25, 0.3) is 0 Å². The number of unbranched alkanes of at least 4 members (excludes halogenated alkanes) is 4. The zero-order valence-electron chi connectivity index (χ0n) is 11.9. The first-order chi connectivity index (χ1) is 8.29. The van der Waals surface area contributed by atoms with Crippen LogP contribution in [-0.4, -0.2) is 0 Å². The van der Waals surface area contributed by atoms with Crippen molar-refractivity contribution in [3.63, 3.8) is 0 Å². The summed E-state index contributed by atoms with van der Waals surface area (Å²) in [5.41, 5.74) is 4.73. The second-order valence-electron chi connectivity index (χ2n) is 5.13. The van der Waals surface area contributed by atoms with Crippen LogP contribution in [0.15, 0.2) is 18.2 Å². The van der Waals surface area contributed by atoms with Crippen LogP contribution in [0.2, 0.25) is 0 Å². The van der Waals surface area contributed by atoms with E-state index in [0.29, 0.717) is 0 Å². The third kappa shape index (κ3) is 4.93. The molecule has 0 unspecified atom stereocenters. The molecule has 0 amide bonds. The molecule has 0 spiro atoms. The molecule has 0 saturated carbocycles. The van der Waals surface area contributed by atoms with Gasteiger partial charge in [0.1, 0.15) is 0 Å². The van der Waals surface area contributed by atoms with Crippen LogP contribution < -0.4 is 0 Å². The van der Waals surface area contributed by atoms with Gasteiger partial charge in [0.25, 0.3) is 0 Å². The predicted octanol–water partition coefficient (Wildman–Crippen LogP) is 5.46. The van der Waals surface area contributed by atoms with E-state index in [0.717, 1.165) is 0 Å². The molecule has 1 rings (SSSR count). The first-order valence-corrected chi connectivity index (χ1v) is 7.37. The molecule has 0 radical (unpaired) electrons. The van der Waals surface area contributed by atoms with Crippen molar-refractivity contribution in [2.75, 3.05) is 0 Å². The van der Waals surface area contributed by atoms with Gasteiger partial charge < -0.3 is 0 Å². The number of hydrogen-bond acceptors (Lipinski definition) is 0. The highest BCUT2D eigenvalue weighted by molar-refractivity contribution is 5.34. The van der Waals surface area contributed by atoms with Crippen LogP contribution in [0.5, 0.6) is 0 Å². The predicted molar refractivity (Wildman–Crippen MR) is 77.6 cm³/mol. The molecule has 0 heteroatoms. The Bertz CT molecular complexity index is 312. The van der Waals surface area contributed by atoms with Gasteiger partial charge >= 0.3 is 0 Å². The lowest BCUT2D eigenvalue weighted by molar-refractivity contribution is 0.661. The summed E-state index contributed by atoms with van der Waals surface area (Å²) in [6.45, 7) is 6.82. The van der Waals surface area contributed by atoms with Crippen LogP contribution in [0.4, 0.5) is 0 Å². The molecule has 96 valence electrons. The van der Waals surface area contributed by atoms with E-state index in [4.69, 9.17) is 0 Å². The van der Waals surface area contributed by atoms with E-state index in [9.17, 15) is 0 Å². The molecule has 0 saturated heterocycles. The van der Waals surface area contributed by atoms with Crippen LogP contribution in [0.3, 0.4) is 0 Å². The smallest absolute Gasteiger partial charge is 0.0274 e. The Balaban J connectivity index is 2.60. The average molecular weight is 232 g/mol. The van der Waals surface area contributed by atoms with Gasteiger partial charge in [-0.05, 0) is 49.3 Å². The number of rotatable bonds is 8. The standard InChI is InChI=1S/C17H28/c1-4-6-8-9-14-17-15(3)11-10-13-16(17)12-7-5-2/h10-11,13H,4-9,12,14H2,1-3H3. The van der Waals surface area contributed by atoms with E-state index in [1.54, 1.807) is 11.1 Å². The molecule has 17 heavy (non-hydrogen) atoms. The molecule has 0 nitrogen and oxygen atoms in total. The normalized spacial score (nSPS) is 10.8. The fourth-order valence-electron chi connectivity index (χ4n) is 2.45. The minimum Gasteiger partial charge on any atom is -0.0654 e. The third-order valence-electron chi connectivity index (χ3n) is 3.59. The van der Waals surface area contributed by atoms with Crippen molar-refractivity contribution in [1.29, 1.82) is 0 Å². The van der Waals surface area contributed by atoms with E-state index in [2.05, 4.69) is 39.0 Å². The van der Waals surface area contributed by atoms with Gasteiger partial charge in [-0.15, -0.1) is 0 Å². The van der Waals surface area contributed by atoms with Crippen LogP contribution in [0.1, 0.15) is 69.1 Å². The third-order valence-corrected chi connectivity index (χ3v) is 3.59. The fourth-order valence-corrected chi connectivity index (χ4v) is 2.45. The maximum absolute atomic E-state index is 2.33. The quantitative estimate of drug-likeness (QED) is 0.522. The van der Waals surface area contributed by atoms with E-state index < -0.39 is 0 Å². The minimum atomic E-state index is 1.27. The highest BCUT2D eigenvalue weighted by Gasteiger charge is 2.04. The van der Waals surface area contributed by atoms with Crippen LogP contribution >= 0.6 is 0 Å². The SMILES string of the molecule is CCCCCCc1c(C)cccc1CCCC. The molecule has 0 aromatic heterocycles. The van der Waals surface area contributed by atoms with Gasteiger partial charge in [0.15, 0.2) is 0 Å². The van der Waals surface area contributed by atoms with Crippen LogP contribution in [-0.2, 0) is 12.8 Å². The van der Waals surface area contributed by atoms with E-state index in [1.165, 1.54) is 56.9 Å². The van der Waals surface area contributed by atoms with Gasteiger partial charge in [-0.25, -0.2) is 0 Å². The number of hydrogen-bond donors (Lipinski definition) is 0. The molecule has 0 bridgehead atoms. The lowest BCUT2D eigenvalue weighted by Crippen LogP contribution is -1.98. The Hall–Kier alpha value is -0.780. The second-order valence-corrected chi connectivity index (χ2v) is 5.13. The van der Waals surface area contributed by atoms with Crippen molar-refractivity contribution in [3.8, 4) is 0 Å². The molecule has 0 N–H and O–H groups in total. The van der Waals surface area contributed by atoms with Crippen molar-refractivity contribution in [1.82, 2.24) is 0 Å². The Morgan fingerprint density at radius 2 is 1.59 bits per heavy atom. The minimum absolute atomic E-state index is 1.27. The summed E-state index contributed by atoms with van der Waals surface area (Å²) >= 11 is 0. The molecule has 0 atom stereocenters. The van der Waals surface area contributed by atoms with Crippen molar-refractivity contribution in [2.24, 2.45) is 0 Å². The summed E-state index contributed by atoms with van der Waals surface area (Å²) in [7, 11) is 0. The molecule has 0 aliphatic carbocycles. The van der Waals surface area contributed by atoms with Gasteiger partial charge in [-0.2, -0.15) is 0 Å².